The van der Waals surface area contributed by atoms with Gasteiger partial charge in [-0.3, -0.25) is 4.68 Å². The quantitative estimate of drug-likeness (QED) is 0.703. The number of nitrogen functional groups attached to an aromatic ring is 1. The maximum absolute atomic E-state index is 12.0. The molecule has 7 nitrogen and oxygen atoms in total. The van der Waals surface area contributed by atoms with E-state index in [0.29, 0.717) is 13.1 Å². The topological polar surface area (TPSA) is 93.2 Å². The number of sulfonamides is 1. The molecule has 0 aliphatic rings. The highest BCUT2D eigenvalue weighted by molar-refractivity contribution is 7.89. The molecule has 0 aliphatic carbocycles. The van der Waals surface area contributed by atoms with Gasteiger partial charge in [0.2, 0.25) is 10.0 Å². The van der Waals surface area contributed by atoms with Crippen LogP contribution in [0.2, 0.25) is 0 Å². The minimum absolute atomic E-state index is 0.0240. The first kappa shape index (κ1) is 15.9. The van der Waals surface area contributed by atoms with Crippen LogP contribution in [-0.4, -0.2) is 49.3 Å². The van der Waals surface area contributed by atoms with E-state index >= 15 is 0 Å². The van der Waals surface area contributed by atoms with Crippen LogP contribution >= 0.6 is 0 Å². The van der Waals surface area contributed by atoms with Crippen molar-refractivity contribution in [2.75, 3.05) is 31.9 Å². The lowest BCUT2D eigenvalue weighted by atomic mass is 10.4. The van der Waals surface area contributed by atoms with E-state index in [4.69, 9.17) is 5.73 Å². The van der Waals surface area contributed by atoms with Crippen LogP contribution in [0.4, 0.5) is 5.82 Å². The second-order valence-electron chi connectivity index (χ2n) is 4.38. The van der Waals surface area contributed by atoms with Crippen LogP contribution in [0, 0.1) is 0 Å². The van der Waals surface area contributed by atoms with Crippen molar-refractivity contribution in [2.45, 2.75) is 25.2 Å². The van der Waals surface area contributed by atoms with Crippen molar-refractivity contribution in [1.82, 2.24) is 19.4 Å². The molecule has 0 unspecified atom stereocenters. The number of nitrogens with two attached hydrogens (primary N) is 1. The highest BCUT2D eigenvalue weighted by Crippen LogP contribution is 2.14. The average molecular weight is 289 g/mol. The molecule has 3 N–H and O–H groups in total. The third-order valence-corrected chi connectivity index (χ3v) is 4.30. The predicted octanol–water partition coefficient (Wildman–Crippen LogP) is 0.0125. The van der Waals surface area contributed by atoms with Crippen LogP contribution in [0.3, 0.4) is 0 Å². The summed E-state index contributed by atoms with van der Waals surface area (Å²) in [6.07, 6.45) is 2.46. The molecule has 0 spiro atoms. The van der Waals surface area contributed by atoms with E-state index in [0.717, 1.165) is 19.5 Å². The van der Waals surface area contributed by atoms with E-state index < -0.39 is 10.0 Å². The minimum atomic E-state index is -3.57. The van der Waals surface area contributed by atoms with Crippen molar-refractivity contribution in [1.29, 1.82) is 0 Å². The predicted molar refractivity (Wildman–Crippen MR) is 75.2 cm³/mol. The third-order valence-electron chi connectivity index (χ3n) is 2.82. The smallest absolute Gasteiger partial charge is 0.245 e. The maximum atomic E-state index is 12.0. The Balaban J connectivity index is 2.59. The number of rotatable bonds is 8. The fraction of sp³-hybridized carbons (Fsp3) is 0.727. The summed E-state index contributed by atoms with van der Waals surface area (Å²) in [6, 6.07) is 0. The average Bonchev–Trinajstić information content (AvgIpc) is 2.68. The van der Waals surface area contributed by atoms with E-state index in [9.17, 15) is 8.42 Å². The van der Waals surface area contributed by atoms with E-state index in [1.807, 2.05) is 0 Å². The largest absolute Gasteiger partial charge is 0.381 e. The molecule has 0 aliphatic heterocycles. The number of hydrogen-bond acceptors (Lipinski definition) is 5. The Morgan fingerprint density at radius 3 is 2.58 bits per heavy atom. The molecule has 1 aromatic rings. The van der Waals surface area contributed by atoms with E-state index in [2.05, 4.69) is 28.6 Å². The number of aromatic nitrogens is 2. The number of likely N-dealkylation sites (N-methyl/N-ethyl adjacent to an activating group) is 1. The molecule has 1 rings (SSSR count). The molecular formula is C11H23N5O2S. The highest BCUT2D eigenvalue weighted by Gasteiger charge is 2.20. The van der Waals surface area contributed by atoms with Crippen molar-refractivity contribution in [3.05, 3.63) is 6.20 Å². The lowest BCUT2D eigenvalue weighted by molar-refractivity contribution is 0.293. The Kier molecular flexibility index (Phi) is 5.77. The van der Waals surface area contributed by atoms with E-state index in [1.165, 1.54) is 10.9 Å². The van der Waals surface area contributed by atoms with Gasteiger partial charge in [0.25, 0.3) is 0 Å². The zero-order valence-electron chi connectivity index (χ0n) is 11.8. The fourth-order valence-electron chi connectivity index (χ4n) is 1.85. The summed E-state index contributed by atoms with van der Waals surface area (Å²) in [5.74, 6) is 0.0240. The Labute approximate surface area is 114 Å². The standard InChI is InChI=1S/C11H23N5O2S/c1-4-7-16(5-2)8-6-13-19(17,18)10-9-15(3)14-11(10)12/h9,13H,4-8H2,1-3H3,(H2,12,14). The van der Waals surface area contributed by atoms with Crippen molar-refractivity contribution < 1.29 is 8.42 Å². The molecule has 0 atom stereocenters. The van der Waals surface area contributed by atoms with Gasteiger partial charge < -0.3 is 10.6 Å². The fourth-order valence-corrected chi connectivity index (χ4v) is 2.97. The van der Waals surface area contributed by atoms with Crippen molar-refractivity contribution in [3.8, 4) is 0 Å². The molecule has 1 aromatic heterocycles. The van der Waals surface area contributed by atoms with E-state index in [1.54, 1.807) is 7.05 Å². The van der Waals surface area contributed by atoms with Crippen molar-refractivity contribution in [2.24, 2.45) is 7.05 Å². The van der Waals surface area contributed by atoms with Crippen LogP contribution in [0.25, 0.3) is 0 Å². The molecule has 0 fully saturated rings. The lowest BCUT2D eigenvalue weighted by Crippen LogP contribution is -2.35. The highest BCUT2D eigenvalue weighted by atomic mass is 32.2. The lowest BCUT2D eigenvalue weighted by Gasteiger charge is -2.19. The van der Waals surface area contributed by atoms with Crippen LogP contribution in [0.5, 0.6) is 0 Å². The molecule has 0 saturated heterocycles. The maximum Gasteiger partial charge on any atom is 0.245 e. The van der Waals surface area contributed by atoms with Crippen LogP contribution in [-0.2, 0) is 17.1 Å². The van der Waals surface area contributed by atoms with Crippen LogP contribution in [0.1, 0.15) is 20.3 Å². The molecule has 0 saturated carbocycles. The zero-order valence-corrected chi connectivity index (χ0v) is 12.6. The normalized spacial score (nSPS) is 12.2. The summed E-state index contributed by atoms with van der Waals surface area (Å²) in [5, 5.41) is 3.83. The molecule has 19 heavy (non-hydrogen) atoms. The second kappa shape index (κ2) is 6.88. The van der Waals surface area contributed by atoms with Gasteiger partial charge >= 0.3 is 0 Å². The molecule has 0 aromatic carbocycles. The first-order valence-corrected chi connectivity index (χ1v) is 7.90. The number of hydrogen-bond donors (Lipinski definition) is 2. The summed E-state index contributed by atoms with van der Waals surface area (Å²) in [6.45, 7) is 7.08. The molecule has 110 valence electrons. The van der Waals surface area contributed by atoms with Crippen LogP contribution in [0.15, 0.2) is 11.1 Å². The Hall–Kier alpha value is -1.12. The first-order chi connectivity index (χ1) is 8.90. The SMILES string of the molecule is CCCN(CC)CCNS(=O)(=O)c1cn(C)nc1N. The summed E-state index contributed by atoms with van der Waals surface area (Å²) >= 11 is 0. The molecular weight excluding hydrogens is 266 g/mol. The van der Waals surface area contributed by atoms with E-state index in [-0.39, 0.29) is 10.7 Å². The Morgan fingerprint density at radius 2 is 2.11 bits per heavy atom. The summed E-state index contributed by atoms with van der Waals surface area (Å²) < 4.78 is 28.0. The van der Waals surface area contributed by atoms with Gasteiger partial charge in [0, 0.05) is 26.3 Å². The Morgan fingerprint density at radius 1 is 1.42 bits per heavy atom. The summed E-state index contributed by atoms with van der Waals surface area (Å²) in [7, 11) is -1.94. The molecule has 8 heteroatoms. The van der Waals surface area contributed by atoms with Gasteiger partial charge in [0.1, 0.15) is 4.90 Å². The molecule has 0 bridgehead atoms. The number of aryl methyl sites for hydroxylation is 1. The van der Waals surface area contributed by atoms with Gasteiger partial charge in [-0.25, -0.2) is 13.1 Å². The molecule has 0 amide bonds. The van der Waals surface area contributed by atoms with Gasteiger partial charge in [0.15, 0.2) is 5.82 Å². The van der Waals surface area contributed by atoms with Gasteiger partial charge in [0.05, 0.1) is 0 Å². The van der Waals surface area contributed by atoms with Gasteiger partial charge in [-0.1, -0.05) is 13.8 Å². The summed E-state index contributed by atoms with van der Waals surface area (Å²) in [4.78, 5) is 2.23. The van der Waals surface area contributed by atoms with Gasteiger partial charge in [-0.2, -0.15) is 5.10 Å². The Bertz CT molecular complexity index is 497. The number of nitrogens with zero attached hydrogens (tertiary/aromatic N) is 3. The van der Waals surface area contributed by atoms with Crippen molar-refractivity contribution >= 4 is 15.8 Å². The first-order valence-electron chi connectivity index (χ1n) is 6.41. The summed E-state index contributed by atoms with van der Waals surface area (Å²) in [5.41, 5.74) is 5.57. The number of nitrogens with one attached hydrogen (secondary N) is 1. The van der Waals surface area contributed by atoms with Gasteiger partial charge in [-0.15, -0.1) is 0 Å². The molecule has 0 radical (unpaired) electrons. The van der Waals surface area contributed by atoms with Crippen LogP contribution < -0.4 is 10.5 Å². The minimum Gasteiger partial charge on any atom is -0.381 e. The molecule has 1 heterocycles. The monoisotopic (exact) mass is 289 g/mol. The number of anilines is 1. The zero-order chi connectivity index (χ0) is 14.5. The third kappa shape index (κ3) is 4.48. The van der Waals surface area contributed by atoms with Crippen molar-refractivity contribution in [3.63, 3.8) is 0 Å². The van der Waals surface area contributed by atoms with Gasteiger partial charge in [-0.05, 0) is 19.5 Å². The second-order valence-corrected chi connectivity index (χ2v) is 6.12.